The minimum atomic E-state index is -4.64. The van der Waals surface area contributed by atoms with Crippen molar-refractivity contribution in [2.75, 3.05) is 33.8 Å². The molecule has 0 saturated carbocycles. The number of likely N-dealkylation sites (N-methyl/N-ethyl adjacent to an activating group) is 1. The molecule has 1 fully saturated rings. The Morgan fingerprint density at radius 3 is 2.54 bits per heavy atom. The fourth-order valence-electron chi connectivity index (χ4n) is 2.44. The summed E-state index contributed by atoms with van der Waals surface area (Å²) >= 11 is 0. The van der Waals surface area contributed by atoms with Crippen LogP contribution in [0.3, 0.4) is 0 Å². The molecule has 10 heteroatoms. The molecule has 1 saturated heterocycles. The Morgan fingerprint density at radius 1 is 1.29 bits per heavy atom. The van der Waals surface area contributed by atoms with Crippen LogP contribution in [0.5, 0.6) is 0 Å². The second-order valence-electron chi connectivity index (χ2n) is 5.41. The lowest BCUT2D eigenvalue weighted by molar-refractivity contribution is -0.147. The molecule has 134 valence electrons. The zero-order valence-corrected chi connectivity index (χ0v) is 13.9. The normalized spacial score (nSPS) is 20.8. The van der Waals surface area contributed by atoms with E-state index in [9.17, 15) is 26.4 Å². The number of hydrogen-bond donors (Lipinski definition) is 0. The molecule has 24 heavy (non-hydrogen) atoms. The largest absolute Gasteiger partial charge is 0.468 e. The minimum Gasteiger partial charge on any atom is -0.468 e. The molecule has 1 atom stereocenters. The summed E-state index contributed by atoms with van der Waals surface area (Å²) in [6.45, 7) is 0.155. The van der Waals surface area contributed by atoms with Crippen LogP contribution >= 0.6 is 0 Å². The molecule has 1 aromatic rings. The van der Waals surface area contributed by atoms with E-state index in [1.165, 1.54) is 7.11 Å². The number of benzene rings is 1. The van der Waals surface area contributed by atoms with Crippen molar-refractivity contribution in [1.82, 2.24) is 9.21 Å². The maximum atomic E-state index is 12.8. The van der Waals surface area contributed by atoms with E-state index in [0.717, 1.165) is 22.5 Å². The number of rotatable bonds is 3. The Labute approximate surface area is 137 Å². The molecule has 0 radical (unpaired) electrons. The van der Waals surface area contributed by atoms with Gasteiger partial charge in [0.05, 0.1) is 17.6 Å². The van der Waals surface area contributed by atoms with Crippen LogP contribution in [0.1, 0.15) is 5.56 Å². The van der Waals surface area contributed by atoms with Crippen LogP contribution in [-0.4, -0.2) is 63.4 Å². The molecule has 1 aromatic carbocycles. The number of piperazine rings is 1. The first-order chi connectivity index (χ1) is 11.1. The van der Waals surface area contributed by atoms with E-state index in [1.807, 2.05) is 0 Å². The molecule has 1 unspecified atom stereocenters. The van der Waals surface area contributed by atoms with Crippen LogP contribution in [0.15, 0.2) is 29.2 Å². The highest BCUT2D eigenvalue weighted by Gasteiger charge is 2.38. The molecule has 6 nitrogen and oxygen atoms in total. The number of halogens is 3. The molecule has 0 aromatic heterocycles. The van der Waals surface area contributed by atoms with Gasteiger partial charge in [0.25, 0.3) is 0 Å². The van der Waals surface area contributed by atoms with E-state index in [0.29, 0.717) is 6.07 Å². The van der Waals surface area contributed by atoms with Crippen LogP contribution in [-0.2, 0) is 25.7 Å². The summed E-state index contributed by atoms with van der Waals surface area (Å²) in [5, 5.41) is 0. The summed E-state index contributed by atoms with van der Waals surface area (Å²) < 4.78 is 69.2. The first kappa shape index (κ1) is 18.7. The van der Waals surface area contributed by atoms with Gasteiger partial charge in [-0.05, 0) is 25.2 Å². The van der Waals surface area contributed by atoms with Crippen LogP contribution in [0.25, 0.3) is 0 Å². The monoisotopic (exact) mass is 366 g/mol. The van der Waals surface area contributed by atoms with Crippen molar-refractivity contribution < 1.29 is 31.1 Å². The molecule has 2 rings (SSSR count). The number of sulfonamides is 1. The fraction of sp³-hybridized carbons (Fsp3) is 0.500. The van der Waals surface area contributed by atoms with E-state index in [-0.39, 0.29) is 19.6 Å². The van der Waals surface area contributed by atoms with Crippen LogP contribution < -0.4 is 0 Å². The van der Waals surface area contributed by atoms with Gasteiger partial charge < -0.3 is 4.74 Å². The Hall–Kier alpha value is -1.65. The van der Waals surface area contributed by atoms with E-state index < -0.39 is 38.7 Å². The predicted octanol–water partition coefficient (Wildman–Crippen LogP) is 1.18. The van der Waals surface area contributed by atoms with Crippen molar-refractivity contribution >= 4 is 16.0 Å². The highest BCUT2D eigenvalue weighted by Crippen LogP contribution is 2.31. The van der Waals surface area contributed by atoms with Crippen molar-refractivity contribution in [2.45, 2.75) is 17.1 Å². The SMILES string of the molecule is COC(=O)C1CN(S(=O)(=O)c2cccc(C(F)(F)F)c2)CCN1C. The van der Waals surface area contributed by atoms with Gasteiger partial charge in [0.1, 0.15) is 6.04 Å². The molecule has 1 aliphatic rings. The Kier molecular flexibility index (Phi) is 5.21. The topological polar surface area (TPSA) is 66.9 Å². The summed E-state index contributed by atoms with van der Waals surface area (Å²) in [7, 11) is -1.30. The molecule has 0 bridgehead atoms. The summed E-state index contributed by atoms with van der Waals surface area (Å²) in [5.74, 6) is -0.596. The molecule has 0 N–H and O–H groups in total. The predicted molar refractivity (Wildman–Crippen MR) is 78.6 cm³/mol. The van der Waals surface area contributed by atoms with Gasteiger partial charge in [-0.15, -0.1) is 0 Å². The molecule has 0 aliphatic carbocycles. The second kappa shape index (κ2) is 6.69. The van der Waals surface area contributed by atoms with Crippen molar-refractivity contribution in [1.29, 1.82) is 0 Å². The van der Waals surface area contributed by atoms with Crippen LogP contribution in [0.4, 0.5) is 13.2 Å². The standard InChI is InChI=1S/C14H17F3N2O4S/c1-18-6-7-19(9-12(18)13(20)23-2)24(21,22)11-5-3-4-10(8-11)14(15,16)17/h3-5,8,12H,6-7,9H2,1-2H3. The Balaban J connectivity index is 2.32. The average Bonchev–Trinajstić information content (AvgIpc) is 2.53. The molecular formula is C14H17F3N2O4S. The number of alkyl halides is 3. The number of carbonyl (C=O) groups is 1. The number of hydrogen-bond acceptors (Lipinski definition) is 5. The number of methoxy groups -OCH3 is 1. The van der Waals surface area contributed by atoms with Gasteiger partial charge in [-0.1, -0.05) is 6.07 Å². The van der Waals surface area contributed by atoms with Gasteiger partial charge in [0.15, 0.2) is 0 Å². The number of ether oxygens (including phenoxy) is 1. The first-order valence-electron chi connectivity index (χ1n) is 7.03. The fourth-order valence-corrected chi connectivity index (χ4v) is 3.92. The maximum absolute atomic E-state index is 12.8. The zero-order chi connectivity index (χ0) is 18.1. The number of carbonyl (C=O) groups excluding carboxylic acids is 1. The molecule has 0 amide bonds. The van der Waals surface area contributed by atoms with Crippen molar-refractivity contribution in [3.8, 4) is 0 Å². The van der Waals surface area contributed by atoms with Gasteiger partial charge in [0.2, 0.25) is 10.0 Å². The van der Waals surface area contributed by atoms with Crippen molar-refractivity contribution in [3.05, 3.63) is 29.8 Å². The molecule has 1 aliphatic heterocycles. The number of nitrogens with zero attached hydrogens (tertiary/aromatic N) is 2. The highest BCUT2D eigenvalue weighted by molar-refractivity contribution is 7.89. The lowest BCUT2D eigenvalue weighted by Gasteiger charge is -2.36. The highest BCUT2D eigenvalue weighted by atomic mass is 32.2. The Bertz CT molecular complexity index is 721. The molecular weight excluding hydrogens is 349 g/mol. The van der Waals surface area contributed by atoms with Gasteiger partial charge in [-0.3, -0.25) is 9.69 Å². The van der Waals surface area contributed by atoms with Crippen molar-refractivity contribution in [2.24, 2.45) is 0 Å². The quantitative estimate of drug-likeness (QED) is 0.752. The van der Waals surface area contributed by atoms with Gasteiger partial charge in [-0.2, -0.15) is 17.5 Å². The first-order valence-corrected chi connectivity index (χ1v) is 8.47. The summed E-state index contributed by atoms with van der Waals surface area (Å²) in [6, 6.07) is 2.75. The Morgan fingerprint density at radius 2 is 1.96 bits per heavy atom. The summed E-state index contributed by atoms with van der Waals surface area (Å²) in [6.07, 6.45) is -4.64. The van der Waals surface area contributed by atoms with Crippen LogP contribution in [0.2, 0.25) is 0 Å². The lowest BCUT2D eigenvalue weighted by atomic mass is 10.2. The van der Waals surface area contributed by atoms with Gasteiger partial charge >= 0.3 is 12.1 Å². The summed E-state index contributed by atoms with van der Waals surface area (Å²) in [4.78, 5) is 12.9. The van der Waals surface area contributed by atoms with Crippen molar-refractivity contribution in [3.63, 3.8) is 0 Å². The maximum Gasteiger partial charge on any atom is 0.416 e. The minimum absolute atomic E-state index is 0.0720. The lowest BCUT2D eigenvalue weighted by Crippen LogP contribution is -2.56. The van der Waals surface area contributed by atoms with Crippen LogP contribution in [0, 0.1) is 0 Å². The number of esters is 1. The third-order valence-electron chi connectivity index (χ3n) is 3.88. The molecule has 0 spiro atoms. The third-order valence-corrected chi connectivity index (χ3v) is 5.74. The van der Waals surface area contributed by atoms with Gasteiger partial charge in [-0.25, -0.2) is 8.42 Å². The second-order valence-corrected chi connectivity index (χ2v) is 7.35. The smallest absolute Gasteiger partial charge is 0.416 e. The molecule has 1 heterocycles. The van der Waals surface area contributed by atoms with E-state index in [1.54, 1.807) is 11.9 Å². The zero-order valence-electron chi connectivity index (χ0n) is 13.1. The van der Waals surface area contributed by atoms with E-state index in [2.05, 4.69) is 4.74 Å². The summed E-state index contributed by atoms with van der Waals surface area (Å²) in [5.41, 5.74) is -1.04. The van der Waals surface area contributed by atoms with Gasteiger partial charge in [0, 0.05) is 19.6 Å². The van der Waals surface area contributed by atoms with E-state index in [4.69, 9.17) is 0 Å². The average molecular weight is 366 g/mol. The van der Waals surface area contributed by atoms with E-state index >= 15 is 0 Å². The third kappa shape index (κ3) is 3.70.